The molecule has 0 spiro atoms. The van der Waals surface area contributed by atoms with Crippen LogP contribution in [0.4, 0.5) is 10.1 Å². The first-order chi connectivity index (χ1) is 10.5. The van der Waals surface area contributed by atoms with Gasteiger partial charge in [-0.3, -0.25) is 4.79 Å². The quantitative estimate of drug-likeness (QED) is 0.787. The van der Waals surface area contributed by atoms with E-state index in [1.54, 1.807) is 12.1 Å². The van der Waals surface area contributed by atoms with Crippen LogP contribution in [0.1, 0.15) is 13.8 Å². The second kappa shape index (κ2) is 7.94. The van der Waals surface area contributed by atoms with Gasteiger partial charge in [-0.05, 0) is 36.4 Å². The standard InChI is InChI=1S/C14H16FN3OS3/c1-8(2)11(21-14-18-17-13(20-3)22-14)12(19)16-10-6-4-9(15)5-7-10/h4-8,11H,1-3H3,(H,16,19)/t11-/m1/s1. The zero-order valence-electron chi connectivity index (χ0n) is 12.4. The molecule has 0 aliphatic rings. The number of benzene rings is 1. The molecule has 0 fully saturated rings. The predicted molar refractivity (Wildman–Crippen MR) is 91.2 cm³/mol. The Morgan fingerprint density at radius 2 is 1.86 bits per heavy atom. The summed E-state index contributed by atoms with van der Waals surface area (Å²) in [6, 6.07) is 5.74. The predicted octanol–water partition coefficient (Wildman–Crippen LogP) is 4.15. The number of nitrogens with zero attached hydrogens (tertiary/aromatic N) is 2. The summed E-state index contributed by atoms with van der Waals surface area (Å²) >= 11 is 4.42. The van der Waals surface area contributed by atoms with Crippen LogP contribution in [0.5, 0.6) is 0 Å². The van der Waals surface area contributed by atoms with E-state index in [9.17, 15) is 9.18 Å². The minimum Gasteiger partial charge on any atom is -0.325 e. The summed E-state index contributed by atoms with van der Waals surface area (Å²) in [5.41, 5.74) is 0.583. The molecule has 1 heterocycles. The smallest absolute Gasteiger partial charge is 0.238 e. The van der Waals surface area contributed by atoms with Crippen LogP contribution in [0.2, 0.25) is 0 Å². The first kappa shape index (κ1) is 17.2. The second-order valence-electron chi connectivity index (χ2n) is 4.82. The molecular formula is C14H16FN3OS3. The normalized spacial score (nSPS) is 12.4. The van der Waals surface area contributed by atoms with Gasteiger partial charge in [-0.1, -0.05) is 48.7 Å². The van der Waals surface area contributed by atoms with E-state index in [1.165, 1.54) is 47.0 Å². The Bertz CT molecular complexity index is 631. The van der Waals surface area contributed by atoms with Gasteiger partial charge in [-0.2, -0.15) is 0 Å². The Morgan fingerprint density at radius 1 is 1.23 bits per heavy atom. The molecule has 1 N–H and O–H groups in total. The molecule has 1 atom stereocenters. The summed E-state index contributed by atoms with van der Waals surface area (Å²) in [6.45, 7) is 3.97. The maximum absolute atomic E-state index is 12.9. The van der Waals surface area contributed by atoms with E-state index in [-0.39, 0.29) is 22.9 Å². The number of thioether (sulfide) groups is 2. The Kier molecular flexibility index (Phi) is 6.22. The van der Waals surface area contributed by atoms with E-state index in [0.717, 1.165) is 8.68 Å². The molecule has 0 aliphatic carbocycles. The van der Waals surface area contributed by atoms with Crippen LogP contribution < -0.4 is 5.32 Å². The highest BCUT2D eigenvalue weighted by atomic mass is 32.2. The molecule has 1 amide bonds. The van der Waals surface area contributed by atoms with Crippen LogP contribution in [0, 0.1) is 11.7 Å². The van der Waals surface area contributed by atoms with Crippen molar-refractivity contribution in [1.29, 1.82) is 0 Å². The fourth-order valence-electron chi connectivity index (χ4n) is 1.67. The highest BCUT2D eigenvalue weighted by molar-refractivity contribution is 8.03. The summed E-state index contributed by atoms with van der Waals surface area (Å²) in [7, 11) is 0. The first-order valence-corrected chi connectivity index (χ1v) is 9.52. The minimum atomic E-state index is -0.328. The molecule has 0 radical (unpaired) electrons. The van der Waals surface area contributed by atoms with Crippen molar-refractivity contribution >= 4 is 46.5 Å². The van der Waals surface area contributed by atoms with Crippen LogP contribution in [-0.4, -0.2) is 27.6 Å². The highest BCUT2D eigenvalue weighted by Gasteiger charge is 2.25. The van der Waals surface area contributed by atoms with Gasteiger partial charge in [-0.15, -0.1) is 10.2 Å². The lowest BCUT2D eigenvalue weighted by Crippen LogP contribution is -2.29. The number of carbonyl (C=O) groups excluding carboxylic acids is 1. The van der Waals surface area contributed by atoms with Crippen molar-refractivity contribution in [3.8, 4) is 0 Å². The number of carbonyl (C=O) groups is 1. The molecule has 4 nitrogen and oxygen atoms in total. The largest absolute Gasteiger partial charge is 0.325 e. The average molecular weight is 358 g/mol. The fraction of sp³-hybridized carbons (Fsp3) is 0.357. The number of aromatic nitrogens is 2. The second-order valence-corrected chi connectivity index (χ2v) is 8.24. The Morgan fingerprint density at radius 3 is 2.41 bits per heavy atom. The van der Waals surface area contributed by atoms with Gasteiger partial charge in [0.05, 0.1) is 5.25 Å². The van der Waals surface area contributed by atoms with Gasteiger partial charge in [0.1, 0.15) is 5.82 Å². The molecule has 8 heteroatoms. The van der Waals surface area contributed by atoms with Gasteiger partial charge in [0.15, 0.2) is 8.68 Å². The SMILES string of the molecule is CSc1nnc(S[C@@H](C(=O)Nc2ccc(F)cc2)C(C)C)s1. The zero-order chi connectivity index (χ0) is 16.1. The number of hydrogen-bond donors (Lipinski definition) is 1. The molecule has 0 saturated heterocycles. The van der Waals surface area contributed by atoms with Gasteiger partial charge in [0.25, 0.3) is 0 Å². The molecular weight excluding hydrogens is 341 g/mol. The maximum atomic E-state index is 12.9. The molecule has 0 aliphatic heterocycles. The average Bonchev–Trinajstić information content (AvgIpc) is 2.94. The molecule has 2 rings (SSSR count). The molecule has 1 aromatic heterocycles. The van der Waals surface area contributed by atoms with Crippen LogP contribution in [-0.2, 0) is 4.79 Å². The van der Waals surface area contributed by atoms with Gasteiger partial charge in [-0.25, -0.2) is 4.39 Å². The van der Waals surface area contributed by atoms with Crippen molar-refractivity contribution in [1.82, 2.24) is 10.2 Å². The van der Waals surface area contributed by atoms with Gasteiger partial charge < -0.3 is 5.32 Å². The molecule has 0 unspecified atom stereocenters. The van der Waals surface area contributed by atoms with Crippen LogP contribution in [0.3, 0.4) is 0 Å². The Hall–Kier alpha value is -1.12. The number of anilines is 1. The summed E-state index contributed by atoms with van der Waals surface area (Å²) in [6.07, 6.45) is 1.94. The fourth-order valence-corrected chi connectivity index (χ4v) is 4.32. The lowest BCUT2D eigenvalue weighted by Gasteiger charge is -2.18. The van der Waals surface area contributed by atoms with Crippen molar-refractivity contribution in [2.75, 3.05) is 11.6 Å². The van der Waals surface area contributed by atoms with Gasteiger partial charge in [0.2, 0.25) is 5.91 Å². The van der Waals surface area contributed by atoms with E-state index in [4.69, 9.17) is 0 Å². The summed E-state index contributed by atoms with van der Waals surface area (Å²) in [5.74, 6) is -0.314. The van der Waals surface area contributed by atoms with Crippen molar-refractivity contribution in [3.63, 3.8) is 0 Å². The third-order valence-electron chi connectivity index (χ3n) is 2.77. The zero-order valence-corrected chi connectivity index (χ0v) is 14.8. The van der Waals surface area contributed by atoms with Crippen molar-refractivity contribution in [3.05, 3.63) is 30.1 Å². The lowest BCUT2D eigenvalue weighted by molar-refractivity contribution is -0.116. The minimum absolute atomic E-state index is 0.118. The van der Waals surface area contributed by atoms with Crippen molar-refractivity contribution in [2.45, 2.75) is 27.8 Å². The summed E-state index contributed by atoms with van der Waals surface area (Å²) in [5, 5.41) is 10.7. The molecule has 118 valence electrons. The van der Waals surface area contributed by atoms with Gasteiger partial charge in [0, 0.05) is 5.69 Å². The van der Waals surface area contributed by atoms with E-state index < -0.39 is 0 Å². The van der Waals surface area contributed by atoms with Crippen molar-refractivity contribution < 1.29 is 9.18 Å². The number of hydrogen-bond acceptors (Lipinski definition) is 6. The molecule has 0 bridgehead atoms. The highest BCUT2D eigenvalue weighted by Crippen LogP contribution is 2.33. The first-order valence-electron chi connectivity index (χ1n) is 6.60. The maximum Gasteiger partial charge on any atom is 0.238 e. The van der Waals surface area contributed by atoms with E-state index in [2.05, 4.69) is 15.5 Å². The van der Waals surface area contributed by atoms with Crippen LogP contribution in [0.15, 0.2) is 32.9 Å². The number of halogens is 1. The van der Waals surface area contributed by atoms with Crippen LogP contribution in [0.25, 0.3) is 0 Å². The monoisotopic (exact) mass is 357 g/mol. The van der Waals surface area contributed by atoms with Gasteiger partial charge >= 0.3 is 0 Å². The molecule has 2 aromatic rings. The Balaban J connectivity index is 2.06. The number of nitrogens with one attached hydrogen (secondary N) is 1. The number of amides is 1. The summed E-state index contributed by atoms with van der Waals surface area (Å²) in [4.78, 5) is 12.4. The third kappa shape index (κ3) is 4.69. The Labute approximate surface area is 141 Å². The topological polar surface area (TPSA) is 54.9 Å². The van der Waals surface area contributed by atoms with E-state index >= 15 is 0 Å². The number of rotatable bonds is 6. The van der Waals surface area contributed by atoms with E-state index in [0.29, 0.717) is 5.69 Å². The van der Waals surface area contributed by atoms with Crippen LogP contribution >= 0.6 is 34.9 Å². The molecule has 0 saturated carbocycles. The molecule has 22 heavy (non-hydrogen) atoms. The van der Waals surface area contributed by atoms with E-state index in [1.807, 2.05) is 20.1 Å². The van der Waals surface area contributed by atoms with Crippen molar-refractivity contribution in [2.24, 2.45) is 5.92 Å². The molecule has 1 aromatic carbocycles. The third-order valence-corrected chi connectivity index (χ3v) is 6.29. The lowest BCUT2D eigenvalue weighted by atomic mass is 10.1. The summed E-state index contributed by atoms with van der Waals surface area (Å²) < 4.78 is 14.6.